The Hall–Kier alpha value is -7.05. The van der Waals surface area contributed by atoms with Crippen molar-refractivity contribution in [3.05, 3.63) is 166 Å². The molecule has 0 fully saturated rings. The molecule has 2 aliphatic heterocycles. The lowest BCUT2D eigenvalue weighted by molar-refractivity contribution is 0.0499. The van der Waals surface area contributed by atoms with Gasteiger partial charge >= 0.3 is 5.97 Å². The van der Waals surface area contributed by atoms with Gasteiger partial charge in [0.25, 0.3) is 0 Å². The quantitative estimate of drug-likeness (QED) is 0.119. The number of rotatable bonds is 8. The van der Waals surface area contributed by atoms with Crippen molar-refractivity contribution in [2.75, 3.05) is 6.61 Å². The summed E-state index contributed by atoms with van der Waals surface area (Å²) in [4.78, 5) is 31.4. The number of carbonyl (C=O) groups is 1. The van der Waals surface area contributed by atoms with Gasteiger partial charge in [-0.2, -0.15) is 0 Å². The Bertz CT molecular complexity index is 2870. The first-order valence-electron chi connectivity index (χ1n) is 20.0. The molecule has 58 heavy (non-hydrogen) atoms. The number of benzene rings is 4. The Morgan fingerprint density at radius 2 is 0.776 bits per heavy atom. The van der Waals surface area contributed by atoms with E-state index in [1.54, 1.807) is 0 Å². The van der Waals surface area contributed by atoms with Gasteiger partial charge in [-0.3, -0.25) is 0 Å². The number of fused-ring (bicyclic) bond motifs is 8. The first-order chi connectivity index (χ1) is 28.3. The highest BCUT2D eigenvalue weighted by Crippen LogP contribution is 2.38. The summed E-state index contributed by atoms with van der Waals surface area (Å²) in [5, 5.41) is 0. The number of aromatic nitrogens is 4. The summed E-state index contributed by atoms with van der Waals surface area (Å²) in [5.74, 6) is -0.316. The van der Waals surface area contributed by atoms with Crippen molar-refractivity contribution in [2.24, 2.45) is 0 Å². The summed E-state index contributed by atoms with van der Waals surface area (Å²) in [5.41, 5.74) is 19.3. The summed E-state index contributed by atoms with van der Waals surface area (Å²) >= 11 is 0. The van der Waals surface area contributed by atoms with E-state index in [-0.39, 0.29) is 5.97 Å². The van der Waals surface area contributed by atoms with Crippen LogP contribution < -0.4 is 0 Å². The standard InChI is InChI=1S/C52H44N4O2/c1-5-6-31-58-52(57)39-21-19-38(20-22-39)51-46-29-27-44(55-46)49(36-15-9-33(3)10-16-36)42-25-23-40(53-42)48(35-13-7-32(2)8-14-35)41-24-26-43(54-41)50(45-28-30-47(51)56-45)37-17-11-34(4)12-18-37/h7-30,53,56H,5-6,31H2,1-4H3. The van der Waals surface area contributed by atoms with Crippen molar-refractivity contribution in [2.45, 2.75) is 40.5 Å². The maximum atomic E-state index is 12.9. The Balaban J connectivity index is 1.38. The third kappa shape index (κ3) is 7.09. The molecule has 284 valence electrons. The van der Waals surface area contributed by atoms with Crippen molar-refractivity contribution < 1.29 is 9.53 Å². The van der Waals surface area contributed by atoms with E-state index in [0.29, 0.717) is 12.2 Å². The number of nitrogens with zero attached hydrogens (tertiary/aromatic N) is 2. The number of H-pyrrole nitrogens is 2. The van der Waals surface area contributed by atoms with Crippen LogP contribution in [-0.4, -0.2) is 32.5 Å². The van der Waals surface area contributed by atoms with Gasteiger partial charge in [0.05, 0.1) is 34.9 Å². The van der Waals surface area contributed by atoms with Gasteiger partial charge in [0.2, 0.25) is 0 Å². The summed E-state index contributed by atoms with van der Waals surface area (Å²) in [7, 11) is 0. The van der Waals surface area contributed by atoms with Gasteiger partial charge in [0.15, 0.2) is 0 Å². The molecule has 8 bridgehead atoms. The van der Waals surface area contributed by atoms with Gasteiger partial charge in [-0.25, -0.2) is 14.8 Å². The summed E-state index contributed by atoms with van der Waals surface area (Å²) in [6.45, 7) is 8.81. The van der Waals surface area contributed by atoms with E-state index in [1.165, 1.54) is 16.7 Å². The van der Waals surface area contributed by atoms with Crippen LogP contribution in [0.2, 0.25) is 0 Å². The number of ether oxygens (including phenoxy) is 1. The molecule has 0 amide bonds. The minimum atomic E-state index is -0.316. The molecule has 5 heterocycles. The number of esters is 1. The van der Waals surface area contributed by atoms with E-state index >= 15 is 0 Å². The van der Waals surface area contributed by atoms with Crippen molar-refractivity contribution in [3.8, 4) is 44.5 Å². The smallest absolute Gasteiger partial charge is 0.338 e. The van der Waals surface area contributed by atoms with Gasteiger partial charge in [-0.15, -0.1) is 0 Å². The fourth-order valence-corrected chi connectivity index (χ4v) is 7.75. The Labute approximate surface area is 338 Å². The highest BCUT2D eigenvalue weighted by Gasteiger charge is 2.19. The van der Waals surface area contributed by atoms with E-state index in [4.69, 9.17) is 14.7 Å². The number of aromatic amines is 2. The number of unbranched alkanes of at least 4 members (excludes halogenated alkanes) is 1. The van der Waals surface area contributed by atoms with Crippen LogP contribution in [0.4, 0.5) is 0 Å². The Morgan fingerprint density at radius 3 is 1.09 bits per heavy atom. The molecule has 6 nitrogen and oxygen atoms in total. The molecule has 2 aliphatic rings. The predicted molar refractivity (Wildman–Crippen MR) is 240 cm³/mol. The molecule has 2 N–H and O–H groups in total. The summed E-state index contributed by atoms with van der Waals surface area (Å²) in [6.07, 6.45) is 10.2. The van der Waals surface area contributed by atoms with Crippen LogP contribution in [0.3, 0.4) is 0 Å². The van der Waals surface area contributed by atoms with Crippen LogP contribution in [-0.2, 0) is 4.74 Å². The second-order valence-electron chi connectivity index (χ2n) is 15.2. The molecule has 4 aromatic carbocycles. The second-order valence-corrected chi connectivity index (χ2v) is 15.2. The lowest BCUT2D eigenvalue weighted by Gasteiger charge is -2.08. The first-order valence-corrected chi connectivity index (χ1v) is 20.0. The van der Waals surface area contributed by atoms with E-state index < -0.39 is 0 Å². The maximum Gasteiger partial charge on any atom is 0.338 e. The van der Waals surface area contributed by atoms with Gasteiger partial charge in [0.1, 0.15) is 0 Å². The first kappa shape index (κ1) is 36.6. The van der Waals surface area contributed by atoms with Crippen molar-refractivity contribution in [1.82, 2.24) is 19.9 Å². The SMILES string of the molecule is CCCCOC(=O)c1ccc(-c2c3nc(c(-c4ccc(C)cc4)c4ccc([nH]4)c(-c4ccc(C)cc4)c4nc(c(-c5ccc(C)cc5)c5ccc2[nH]5)C=C4)C=C3)cc1. The molecule has 7 aromatic rings. The molecule has 0 saturated carbocycles. The number of nitrogens with one attached hydrogen (secondary N) is 2. The minimum Gasteiger partial charge on any atom is -0.462 e. The van der Waals surface area contributed by atoms with E-state index in [2.05, 4.69) is 159 Å². The normalized spacial score (nSPS) is 11.9. The zero-order valence-electron chi connectivity index (χ0n) is 33.2. The highest BCUT2D eigenvalue weighted by atomic mass is 16.5. The third-order valence-electron chi connectivity index (χ3n) is 10.9. The van der Waals surface area contributed by atoms with Gasteiger partial charge < -0.3 is 14.7 Å². The lowest BCUT2D eigenvalue weighted by atomic mass is 10.0. The molecular weight excluding hydrogens is 713 g/mol. The average molecular weight is 757 g/mol. The molecule has 0 atom stereocenters. The monoisotopic (exact) mass is 756 g/mol. The number of hydrogen-bond donors (Lipinski definition) is 2. The van der Waals surface area contributed by atoms with Gasteiger partial charge in [-0.1, -0.05) is 115 Å². The Morgan fingerprint density at radius 1 is 0.466 bits per heavy atom. The van der Waals surface area contributed by atoms with Crippen LogP contribution in [0.25, 0.3) is 90.9 Å². The molecular formula is C52H44N4O2. The fourth-order valence-electron chi connectivity index (χ4n) is 7.75. The van der Waals surface area contributed by atoms with E-state index in [0.717, 1.165) is 102 Å². The zero-order valence-corrected chi connectivity index (χ0v) is 33.2. The van der Waals surface area contributed by atoms with Crippen LogP contribution in [0.1, 0.15) is 69.6 Å². The van der Waals surface area contributed by atoms with Crippen LogP contribution in [0.5, 0.6) is 0 Å². The predicted octanol–water partition coefficient (Wildman–Crippen LogP) is 13.2. The molecule has 9 rings (SSSR count). The highest BCUT2D eigenvalue weighted by molar-refractivity contribution is 6.00. The molecule has 6 heteroatoms. The third-order valence-corrected chi connectivity index (χ3v) is 10.9. The number of carbonyl (C=O) groups excluding carboxylic acids is 1. The molecule has 3 aromatic heterocycles. The van der Waals surface area contributed by atoms with E-state index in [1.807, 2.05) is 24.3 Å². The fraction of sp³-hybridized carbons (Fsp3) is 0.135. The van der Waals surface area contributed by atoms with Crippen LogP contribution in [0, 0.1) is 20.8 Å². The molecule has 0 aliphatic carbocycles. The number of hydrogen-bond acceptors (Lipinski definition) is 4. The summed E-state index contributed by atoms with van der Waals surface area (Å²) in [6, 6.07) is 42.1. The molecule has 0 saturated heterocycles. The maximum absolute atomic E-state index is 12.9. The largest absolute Gasteiger partial charge is 0.462 e. The van der Waals surface area contributed by atoms with Gasteiger partial charge in [0, 0.05) is 44.3 Å². The van der Waals surface area contributed by atoms with Crippen molar-refractivity contribution >= 4 is 52.3 Å². The van der Waals surface area contributed by atoms with Gasteiger partial charge in [-0.05, 0) is 110 Å². The number of aryl methyl sites for hydroxylation is 3. The van der Waals surface area contributed by atoms with Crippen LogP contribution >= 0.6 is 0 Å². The van der Waals surface area contributed by atoms with Crippen molar-refractivity contribution in [1.29, 1.82) is 0 Å². The minimum absolute atomic E-state index is 0.316. The van der Waals surface area contributed by atoms with E-state index in [9.17, 15) is 4.79 Å². The van der Waals surface area contributed by atoms with Crippen molar-refractivity contribution in [3.63, 3.8) is 0 Å². The topological polar surface area (TPSA) is 83.7 Å². The molecule has 0 spiro atoms. The Kier molecular flexibility index (Phi) is 9.76. The molecule has 0 unspecified atom stereocenters. The summed E-state index contributed by atoms with van der Waals surface area (Å²) < 4.78 is 5.54. The second kappa shape index (κ2) is 15.5. The van der Waals surface area contributed by atoms with Crippen LogP contribution in [0.15, 0.2) is 121 Å². The molecule has 0 radical (unpaired) electrons. The zero-order chi connectivity index (χ0) is 39.8. The average Bonchev–Trinajstić information content (AvgIpc) is 4.08. The lowest BCUT2D eigenvalue weighted by Crippen LogP contribution is -2.06.